The molecular formula is C25H26ClFN10O. The fourth-order valence-corrected chi connectivity index (χ4v) is 4.36. The van der Waals surface area contributed by atoms with Gasteiger partial charge in [0, 0.05) is 43.0 Å². The minimum atomic E-state index is -0.452. The molecule has 0 unspecified atom stereocenters. The minimum Gasteiger partial charge on any atom is -0.457 e. The number of halogens is 2. The monoisotopic (exact) mass is 536 g/mol. The van der Waals surface area contributed by atoms with Crippen molar-refractivity contribution in [1.82, 2.24) is 39.9 Å². The van der Waals surface area contributed by atoms with Gasteiger partial charge >= 0.3 is 0 Å². The number of rotatable bonds is 5. The lowest BCUT2D eigenvalue weighted by Crippen LogP contribution is -2.55. The number of aromatic nitrogens is 7. The molecule has 1 aliphatic rings. The zero-order valence-corrected chi connectivity index (χ0v) is 21.8. The third-order valence-electron chi connectivity index (χ3n) is 6.46. The largest absolute Gasteiger partial charge is 0.457 e. The molecule has 0 saturated carbocycles. The van der Waals surface area contributed by atoms with Gasteiger partial charge in [-0.2, -0.15) is 5.10 Å². The lowest BCUT2D eigenvalue weighted by Gasteiger charge is -2.37. The van der Waals surface area contributed by atoms with Gasteiger partial charge in [0.2, 0.25) is 5.95 Å². The van der Waals surface area contributed by atoms with Crippen LogP contribution < -0.4 is 20.3 Å². The molecule has 11 nitrogen and oxygen atoms in total. The zero-order valence-electron chi connectivity index (χ0n) is 21.0. The molecule has 4 aromatic heterocycles. The molecule has 5 heterocycles. The first-order chi connectivity index (χ1) is 18.0. The van der Waals surface area contributed by atoms with E-state index in [2.05, 4.69) is 54.4 Å². The van der Waals surface area contributed by atoms with Crippen LogP contribution in [0.5, 0.6) is 11.5 Å². The summed E-state index contributed by atoms with van der Waals surface area (Å²) in [5.41, 5.74) is 2.32. The van der Waals surface area contributed by atoms with Crippen molar-refractivity contribution in [3.05, 3.63) is 60.7 Å². The Hall–Kier alpha value is -4.16. The van der Waals surface area contributed by atoms with E-state index < -0.39 is 5.82 Å². The number of piperazine rings is 1. The summed E-state index contributed by atoms with van der Waals surface area (Å²) in [6.45, 7) is 7.53. The third kappa shape index (κ3) is 4.75. The second-order valence-corrected chi connectivity index (χ2v) is 9.14. The maximum atomic E-state index is 15.5. The summed E-state index contributed by atoms with van der Waals surface area (Å²) in [6.07, 6.45) is 6.28. The predicted octanol–water partition coefficient (Wildman–Crippen LogP) is 4.05. The summed E-state index contributed by atoms with van der Waals surface area (Å²) in [6, 6.07) is 7.35. The van der Waals surface area contributed by atoms with Gasteiger partial charge in [-0.25, -0.2) is 33.8 Å². The van der Waals surface area contributed by atoms with Crippen LogP contribution in [0.25, 0.3) is 16.7 Å². The number of hydrogen-bond donors (Lipinski definition) is 2. The summed E-state index contributed by atoms with van der Waals surface area (Å²) in [5.74, 6) is 1.47. The summed E-state index contributed by atoms with van der Waals surface area (Å²) < 4.78 is 23.0. The highest BCUT2D eigenvalue weighted by Crippen LogP contribution is 2.33. The Kier molecular flexibility index (Phi) is 6.91. The van der Waals surface area contributed by atoms with Gasteiger partial charge in [0.05, 0.1) is 11.9 Å². The SMILES string of the molecule is Cc1c(Oc2ccn3ncnc3c2)ccc(Nc2ncnc3cnc(N4C[C@@H](C)NC[C@H]4C)nc23)c1F.Cl. The molecule has 0 spiro atoms. The number of benzene rings is 1. The van der Waals surface area contributed by atoms with E-state index in [1.807, 2.05) is 0 Å². The molecule has 0 bridgehead atoms. The van der Waals surface area contributed by atoms with Gasteiger partial charge in [0.1, 0.15) is 35.2 Å². The van der Waals surface area contributed by atoms with Gasteiger partial charge in [0.25, 0.3) is 0 Å². The number of fused-ring (bicyclic) bond motifs is 2. The zero-order chi connectivity index (χ0) is 25.5. The van der Waals surface area contributed by atoms with E-state index in [4.69, 9.17) is 9.72 Å². The molecule has 5 aromatic rings. The van der Waals surface area contributed by atoms with Gasteiger partial charge in [-0.1, -0.05) is 0 Å². The Labute approximate surface area is 223 Å². The van der Waals surface area contributed by atoms with E-state index in [0.29, 0.717) is 51.6 Å². The van der Waals surface area contributed by atoms with Gasteiger partial charge < -0.3 is 20.3 Å². The fraction of sp³-hybridized carbons (Fsp3) is 0.280. The minimum absolute atomic E-state index is 0. The standard InChI is InChI=1S/C25H25FN10O.ClH/c1-14-11-35(15(2)9-27-14)25-28-10-19-23(34-25)24(31-12-29-19)33-18-4-5-20(16(3)22(18)26)37-17-6-7-36-21(8-17)30-13-32-36;/h4-8,10,12-15,27H,9,11H2,1-3H3,(H,29,31,33);1H/t14-,15-;/m1./s1. The Morgan fingerprint density at radius 1 is 1.11 bits per heavy atom. The van der Waals surface area contributed by atoms with Crippen molar-refractivity contribution in [2.45, 2.75) is 32.9 Å². The number of nitrogens with one attached hydrogen (secondary N) is 2. The molecule has 1 fully saturated rings. The van der Waals surface area contributed by atoms with Crippen molar-refractivity contribution in [1.29, 1.82) is 0 Å². The highest BCUT2D eigenvalue weighted by atomic mass is 35.5. The molecule has 13 heteroatoms. The van der Waals surface area contributed by atoms with E-state index in [1.165, 1.54) is 12.7 Å². The average Bonchev–Trinajstić information content (AvgIpc) is 3.38. The molecule has 1 saturated heterocycles. The number of pyridine rings is 1. The first-order valence-electron chi connectivity index (χ1n) is 12.0. The molecule has 0 aliphatic carbocycles. The van der Waals surface area contributed by atoms with E-state index in [-0.39, 0.29) is 24.1 Å². The summed E-state index contributed by atoms with van der Waals surface area (Å²) in [5, 5.41) is 10.6. The second-order valence-electron chi connectivity index (χ2n) is 9.14. The molecular weight excluding hydrogens is 511 g/mol. The topological polar surface area (TPSA) is 118 Å². The van der Waals surface area contributed by atoms with Crippen LogP contribution in [0.1, 0.15) is 19.4 Å². The number of nitrogens with zero attached hydrogens (tertiary/aromatic N) is 8. The van der Waals surface area contributed by atoms with Crippen LogP contribution in [0.3, 0.4) is 0 Å². The van der Waals surface area contributed by atoms with E-state index in [9.17, 15) is 0 Å². The normalized spacial score (nSPS) is 17.4. The van der Waals surface area contributed by atoms with Gasteiger partial charge in [-0.3, -0.25) is 0 Å². The van der Waals surface area contributed by atoms with Crippen molar-refractivity contribution in [2.75, 3.05) is 23.3 Å². The smallest absolute Gasteiger partial charge is 0.226 e. The van der Waals surface area contributed by atoms with Gasteiger partial charge in [-0.15, -0.1) is 12.4 Å². The second kappa shape index (κ2) is 10.3. The van der Waals surface area contributed by atoms with E-state index >= 15 is 4.39 Å². The number of ether oxygens (including phenoxy) is 1. The lowest BCUT2D eigenvalue weighted by molar-refractivity contribution is 0.420. The van der Waals surface area contributed by atoms with E-state index in [1.54, 1.807) is 48.1 Å². The summed E-state index contributed by atoms with van der Waals surface area (Å²) in [7, 11) is 0. The lowest BCUT2D eigenvalue weighted by atomic mass is 10.1. The van der Waals surface area contributed by atoms with Crippen LogP contribution in [0.4, 0.5) is 21.8 Å². The Balaban J connectivity index is 0.00000294. The Bertz CT molecular complexity index is 1610. The van der Waals surface area contributed by atoms with Crippen LogP contribution in [0.2, 0.25) is 0 Å². The predicted molar refractivity (Wildman–Crippen MR) is 144 cm³/mol. The fourth-order valence-electron chi connectivity index (χ4n) is 4.36. The first kappa shape index (κ1) is 25.5. The molecule has 38 heavy (non-hydrogen) atoms. The van der Waals surface area contributed by atoms with Gasteiger partial charge in [-0.05, 0) is 39.0 Å². The van der Waals surface area contributed by atoms with Crippen molar-refractivity contribution in [3.63, 3.8) is 0 Å². The van der Waals surface area contributed by atoms with Crippen LogP contribution in [-0.2, 0) is 0 Å². The molecule has 196 valence electrons. The summed E-state index contributed by atoms with van der Waals surface area (Å²) >= 11 is 0. The molecule has 0 radical (unpaired) electrons. The highest BCUT2D eigenvalue weighted by molar-refractivity contribution is 5.87. The maximum absolute atomic E-state index is 15.5. The molecule has 2 atom stereocenters. The third-order valence-corrected chi connectivity index (χ3v) is 6.46. The van der Waals surface area contributed by atoms with Crippen molar-refractivity contribution < 1.29 is 9.13 Å². The van der Waals surface area contributed by atoms with Crippen LogP contribution in [0.15, 0.2) is 49.3 Å². The number of hydrogen-bond acceptors (Lipinski definition) is 10. The molecule has 1 aliphatic heterocycles. The van der Waals surface area contributed by atoms with Crippen LogP contribution in [-0.4, -0.2) is 59.7 Å². The molecule has 2 N–H and O–H groups in total. The van der Waals surface area contributed by atoms with Crippen molar-refractivity contribution in [3.8, 4) is 11.5 Å². The Morgan fingerprint density at radius 3 is 2.84 bits per heavy atom. The maximum Gasteiger partial charge on any atom is 0.226 e. The quantitative estimate of drug-likeness (QED) is 0.340. The highest BCUT2D eigenvalue weighted by Gasteiger charge is 2.25. The average molecular weight is 537 g/mol. The number of anilines is 3. The van der Waals surface area contributed by atoms with E-state index in [0.717, 1.165) is 13.1 Å². The molecule has 0 amide bonds. The molecule has 1 aromatic carbocycles. The van der Waals surface area contributed by atoms with Crippen LogP contribution >= 0.6 is 12.4 Å². The van der Waals surface area contributed by atoms with Gasteiger partial charge in [0.15, 0.2) is 17.3 Å². The van der Waals surface area contributed by atoms with Crippen LogP contribution in [0, 0.1) is 12.7 Å². The Morgan fingerprint density at radius 2 is 1.97 bits per heavy atom. The van der Waals surface area contributed by atoms with Crippen molar-refractivity contribution in [2.24, 2.45) is 0 Å². The first-order valence-corrected chi connectivity index (χ1v) is 12.0. The summed E-state index contributed by atoms with van der Waals surface area (Å²) in [4.78, 5) is 24.2. The van der Waals surface area contributed by atoms with Crippen molar-refractivity contribution >= 4 is 46.5 Å². The molecule has 6 rings (SSSR count).